The van der Waals surface area contributed by atoms with Gasteiger partial charge in [0.25, 0.3) is 0 Å². The average molecular weight is 469 g/mol. The molecular weight excluding hydrogens is 426 g/mol. The zero-order chi connectivity index (χ0) is 21.1. The maximum Gasteiger partial charge on any atom is 1.00 e. The molecule has 0 bridgehead atoms. The van der Waals surface area contributed by atoms with Crippen LogP contribution in [0, 0.1) is 17.8 Å². The summed E-state index contributed by atoms with van der Waals surface area (Å²) in [5.41, 5.74) is -0.221. The third-order valence-corrected chi connectivity index (χ3v) is 4.64. The SMILES string of the molecule is [CH2-]CCCC(=O)N(CC)CC(C)(C)COCC(C)(C)CN(CC)C(=O)CC.[Rb+]. The van der Waals surface area contributed by atoms with E-state index in [4.69, 9.17) is 4.74 Å². The molecule has 0 aromatic heterocycles. The van der Waals surface area contributed by atoms with Gasteiger partial charge in [0, 0.05) is 49.9 Å². The first kappa shape index (κ1) is 30.9. The largest absolute Gasteiger partial charge is 1.00 e. The predicted molar refractivity (Wildman–Crippen MR) is 112 cm³/mol. The second kappa shape index (κ2) is 15.5. The molecule has 0 saturated heterocycles. The summed E-state index contributed by atoms with van der Waals surface area (Å²) in [5, 5.41) is 0. The number of amides is 2. The van der Waals surface area contributed by atoms with Gasteiger partial charge in [-0.3, -0.25) is 9.59 Å². The van der Waals surface area contributed by atoms with Crippen LogP contribution in [-0.4, -0.2) is 61.0 Å². The van der Waals surface area contributed by atoms with E-state index in [1.165, 1.54) is 0 Å². The molecule has 0 N–H and O–H groups in total. The van der Waals surface area contributed by atoms with Crippen LogP contribution in [-0.2, 0) is 14.3 Å². The van der Waals surface area contributed by atoms with Crippen molar-refractivity contribution in [2.75, 3.05) is 39.4 Å². The third kappa shape index (κ3) is 13.1. The predicted octanol–water partition coefficient (Wildman–Crippen LogP) is 1.17. The zero-order valence-corrected chi connectivity index (χ0v) is 24.8. The van der Waals surface area contributed by atoms with Crippen molar-refractivity contribution in [3.8, 4) is 0 Å². The molecule has 28 heavy (non-hydrogen) atoms. The average Bonchev–Trinajstić information content (AvgIpc) is 2.61. The summed E-state index contributed by atoms with van der Waals surface area (Å²) in [6, 6.07) is 0. The fraction of sp³-hybridized carbons (Fsp3) is 0.864. The molecule has 0 unspecified atom stereocenters. The van der Waals surface area contributed by atoms with Gasteiger partial charge in [-0.05, 0) is 13.8 Å². The summed E-state index contributed by atoms with van der Waals surface area (Å²) in [4.78, 5) is 28.1. The van der Waals surface area contributed by atoms with Crippen LogP contribution in [0.5, 0.6) is 0 Å². The number of ether oxygens (including phenoxy) is 1. The monoisotopic (exact) mass is 468 g/mol. The first-order valence-corrected chi connectivity index (χ1v) is 10.4. The Balaban J connectivity index is 0. The second-order valence-electron chi connectivity index (χ2n) is 8.95. The molecule has 5 nitrogen and oxygen atoms in total. The van der Waals surface area contributed by atoms with Gasteiger partial charge in [0.05, 0.1) is 13.2 Å². The van der Waals surface area contributed by atoms with Crippen LogP contribution in [0.1, 0.15) is 74.1 Å². The number of hydrogen-bond acceptors (Lipinski definition) is 3. The maximum absolute atomic E-state index is 12.3. The van der Waals surface area contributed by atoms with E-state index in [0.717, 1.165) is 25.9 Å². The normalized spacial score (nSPS) is 11.7. The van der Waals surface area contributed by atoms with E-state index in [2.05, 4.69) is 34.6 Å². The quantitative estimate of drug-likeness (QED) is 0.360. The molecule has 0 aromatic carbocycles. The first-order valence-electron chi connectivity index (χ1n) is 10.4. The van der Waals surface area contributed by atoms with Gasteiger partial charge in [-0.1, -0.05) is 41.0 Å². The maximum atomic E-state index is 12.3. The van der Waals surface area contributed by atoms with Gasteiger partial charge >= 0.3 is 58.2 Å². The van der Waals surface area contributed by atoms with E-state index >= 15 is 0 Å². The van der Waals surface area contributed by atoms with Crippen molar-refractivity contribution < 1.29 is 72.5 Å². The molecule has 6 heteroatoms. The number of rotatable bonds is 14. The van der Waals surface area contributed by atoms with Crippen LogP contribution in [0.25, 0.3) is 0 Å². The van der Waals surface area contributed by atoms with Crippen LogP contribution in [0.2, 0.25) is 0 Å². The van der Waals surface area contributed by atoms with E-state index in [9.17, 15) is 9.59 Å². The Bertz CT molecular complexity index is 453. The molecule has 0 aliphatic carbocycles. The van der Waals surface area contributed by atoms with Crippen molar-refractivity contribution in [1.82, 2.24) is 9.80 Å². The zero-order valence-electron chi connectivity index (χ0n) is 19.9. The van der Waals surface area contributed by atoms with E-state index in [1.54, 1.807) is 0 Å². The topological polar surface area (TPSA) is 49.9 Å². The molecule has 160 valence electrons. The Labute approximate surface area is 223 Å². The van der Waals surface area contributed by atoms with E-state index in [0.29, 0.717) is 39.1 Å². The number of nitrogens with zero attached hydrogens (tertiary/aromatic N) is 2. The Morgan fingerprint density at radius 3 is 1.64 bits per heavy atom. The van der Waals surface area contributed by atoms with E-state index < -0.39 is 0 Å². The smallest absolute Gasteiger partial charge is 0.380 e. The minimum absolute atomic E-state index is 0. The van der Waals surface area contributed by atoms with E-state index in [1.807, 2.05) is 30.6 Å². The summed E-state index contributed by atoms with van der Waals surface area (Å²) < 4.78 is 6.04. The van der Waals surface area contributed by atoms with Crippen molar-refractivity contribution in [3.05, 3.63) is 6.92 Å². The molecule has 0 aliphatic rings. The molecule has 0 atom stereocenters. The molecule has 0 saturated carbocycles. The molecule has 0 aromatic rings. The van der Waals surface area contributed by atoms with Gasteiger partial charge in [0.2, 0.25) is 11.8 Å². The van der Waals surface area contributed by atoms with E-state index in [-0.39, 0.29) is 80.8 Å². The van der Waals surface area contributed by atoms with Crippen LogP contribution >= 0.6 is 0 Å². The summed E-state index contributed by atoms with van der Waals surface area (Å²) in [6.45, 7) is 22.3. The third-order valence-electron chi connectivity index (χ3n) is 4.64. The van der Waals surface area contributed by atoms with Gasteiger partial charge < -0.3 is 21.5 Å². The van der Waals surface area contributed by atoms with Crippen molar-refractivity contribution in [2.24, 2.45) is 10.8 Å². The Morgan fingerprint density at radius 2 is 1.29 bits per heavy atom. The number of carbonyl (C=O) groups excluding carboxylic acids is 2. The Hall–Kier alpha value is 0.705. The van der Waals surface area contributed by atoms with Crippen molar-refractivity contribution >= 4 is 11.8 Å². The second-order valence-corrected chi connectivity index (χ2v) is 8.95. The Kier molecular flexibility index (Phi) is 17.1. The van der Waals surface area contributed by atoms with Gasteiger partial charge in [-0.2, -0.15) is 6.42 Å². The van der Waals surface area contributed by atoms with Crippen molar-refractivity contribution in [3.63, 3.8) is 0 Å². The van der Waals surface area contributed by atoms with Crippen LogP contribution in [0.15, 0.2) is 0 Å². The fourth-order valence-corrected chi connectivity index (χ4v) is 3.14. The van der Waals surface area contributed by atoms with Crippen LogP contribution < -0.4 is 58.2 Å². The summed E-state index contributed by atoms with van der Waals surface area (Å²) >= 11 is 0. The van der Waals surface area contributed by atoms with Crippen LogP contribution in [0.4, 0.5) is 0 Å². The minimum Gasteiger partial charge on any atom is -0.380 e. The van der Waals surface area contributed by atoms with Crippen LogP contribution in [0.3, 0.4) is 0 Å². The molecule has 0 rings (SSSR count). The molecule has 2 amide bonds. The summed E-state index contributed by atoms with van der Waals surface area (Å²) in [5.74, 6) is 0.386. The van der Waals surface area contributed by atoms with Gasteiger partial charge in [-0.25, -0.2) is 0 Å². The minimum atomic E-state index is -0.115. The molecular formula is C22H43N2O3Rb. The van der Waals surface area contributed by atoms with Gasteiger partial charge in [-0.15, -0.1) is 0 Å². The molecule has 0 aliphatic heterocycles. The number of carbonyl (C=O) groups is 2. The van der Waals surface area contributed by atoms with Gasteiger partial charge in [0.1, 0.15) is 0 Å². The first-order chi connectivity index (χ1) is 12.5. The molecule has 0 spiro atoms. The molecule has 0 radical (unpaired) electrons. The summed E-state index contributed by atoms with van der Waals surface area (Å²) in [6.07, 6.45) is 2.73. The standard InChI is InChI=1S/C22H43N2O3.Rb/c1-9-13-14-20(26)24(12-4)16-22(7,8)18-27-17-21(5,6)15-23(11-3)19(25)10-2;/h1,9-18H2,2-8H3;/q-1;+1. The van der Waals surface area contributed by atoms with Crippen molar-refractivity contribution in [1.29, 1.82) is 0 Å². The van der Waals surface area contributed by atoms with Gasteiger partial charge in [0.15, 0.2) is 0 Å². The fourth-order valence-electron chi connectivity index (χ4n) is 3.14. The Morgan fingerprint density at radius 1 is 0.857 bits per heavy atom. The number of hydrogen-bond donors (Lipinski definition) is 0. The molecule has 0 heterocycles. The number of unbranched alkanes of at least 4 members (excludes halogenated alkanes) is 1. The summed E-state index contributed by atoms with van der Waals surface area (Å²) in [7, 11) is 0. The van der Waals surface area contributed by atoms with Crippen molar-refractivity contribution in [2.45, 2.75) is 74.1 Å². The molecule has 0 fully saturated rings.